The Bertz CT molecular complexity index is 1070. The molecule has 0 amide bonds. The van der Waals surface area contributed by atoms with E-state index in [1.54, 1.807) is 0 Å². The standard InChI is InChI=1S/C22H22ClN6O.K/c1-2-3-8-20-24-21(23)19(14-30)29(20)13-15-9-11-16(12-10-15)17-6-4-5-7-18(17)22-25-27-28-26-22;/h4-12,24,30H,2-3,13-14H2,1H3;/q-1;+1/b20-8+;. The molecule has 1 aliphatic rings. The average Bonchev–Trinajstić information content (AvgIpc) is 3.41. The van der Waals surface area contributed by atoms with Crippen LogP contribution in [0.25, 0.3) is 22.5 Å². The fourth-order valence-corrected chi connectivity index (χ4v) is 3.71. The number of nitrogens with zero attached hydrogens (tertiary/aromatic N) is 5. The molecule has 0 fully saturated rings. The van der Waals surface area contributed by atoms with Crippen LogP contribution < -0.4 is 61.8 Å². The van der Waals surface area contributed by atoms with Crippen molar-refractivity contribution in [2.75, 3.05) is 6.61 Å². The van der Waals surface area contributed by atoms with Crippen LogP contribution >= 0.6 is 11.6 Å². The molecule has 0 atom stereocenters. The first kappa shape index (κ1) is 24.1. The minimum atomic E-state index is -0.123. The predicted molar refractivity (Wildman–Crippen MR) is 116 cm³/mol. The summed E-state index contributed by atoms with van der Waals surface area (Å²) in [5.74, 6) is 1.42. The summed E-state index contributed by atoms with van der Waals surface area (Å²) in [5, 5.41) is 28.6. The molecule has 1 aromatic heterocycles. The number of unbranched alkanes of at least 4 members (excludes halogenated alkanes) is 1. The van der Waals surface area contributed by atoms with Crippen molar-refractivity contribution in [3.63, 3.8) is 0 Å². The number of hydrogen-bond acceptors (Lipinski definition) is 6. The second-order valence-electron chi connectivity index (χ2n) is 6.95. The molecule has 0 aliphatic carbocycles. The number of aromatic nitrogens is 4. The van der Waals surface area contributed by atoms with E-state index in [0.29, 0.717) is 23.2 Å². The van der Waals surface area contributed by atoms with Gasteiger partial charge >= 0.3 is 51.4 Å². The molecule has 2 aromatic carbocycles. The Morgan fingerprint density at radius 2 is 1.87 bits per heavy atom. The summed E-state index contributed by atoms with van der Waals surface area (Å²) in [6, 6.07) is 16.2. The summed E-state index contributed by atoms with van der Waals surface area (Å²) in [7, 11) is 0. The van der Waals surface area contributed by atoms with Gasteiger partial charge in [0.1, 0.15) is 11.0 Å². The third-order valence-electron chi connectivity index (χ3n) is 4.98. The number of aliphatic hydroxyl groups excluding tert-OH is 1. The van der Waals surface area contributed by atoms with Crippen molar-refractivity contribution < 1.29 is 56.5 Å². The fraction of sp³-hybridized carbons (Fsp3) is 0.227. The van der Waals surface area contributed by atoms with E-state index in [2.05, 4.69) is 63.2 Å². The zero-order valence-corrected chi connectivity index (χ0v) is 21.5. The predicted octanol–water partition coefficient (Wildman–Crippen LogP) is 0.614. The molecule has 2 heterocycles. The summed E-state index contributed by atoms with van der Waals surface area (Å²) in [6.45, 7) is 2.61. The van der Waals surface area contributed by atoms with Gasteiger partial charge in [-0.15, -0.1) is 0 Å². The molecule has 0 spiro atoms. The van der Waals surface area contributed by atoms with Gasteiger partial charge in [0.15, 0.2) is 0 Å². The maximum atomic E-state index is 9.77. The van der Waals surface area contributed by atoms with E-state index in [9.17, 15) is 5.11 Å². The molecule has 0 saturated heterocycles. The van der Waals surface area contributed by atoms with Crippen molar-refractivity contribution in [2.24, 2.45) is 0 Å². The van der Waals surface area contributed by atoms with Crippen LogP contribution in [0.2, 0.25) is 0 Å². The molecule has 0 saturated carbocycles. The van der Waals surface area contributed by atoms with Crippen molar-refractivity contribution in [1.82, 2.24) is 30.8 Å². The van der Waals surface area contributed by atoms with E-state index in [0.717, 1.165) is 40.9 Å². The van der Waals surface area contributed by atoms with Crippen molar-refractivity contribution in [2.45, 2.75) is 26.3 Å². The van der Waals surface area contributed by atoms with Crippen molar-refractivity contribution in [3.05, 3.63) is 76.8 Å². The van der Waals surface area contributed by atoms with Crippen molar-refractivity contribution in [1.29, 1.82) is 0 Å². The number of rotatable bonds is 7. The molecule has 0 bridgehead atoms. The Labute approximate surface area is 229 Å². The number of hydrogen-bond donors (Lipinski definition) is 2. The smallest absolute Gasteiger partial charge is 0.390 e. The Kier molecular flexibility index (Phi) is 8.85. The number of tetrazole rings is 1. The Hall–Kier alpha value is -1.52. The summed E-state index contributed by atoms with van der Waals surface area (Å²) >= 11 is 6.29. The van der Waals surface area contributed by atoms with Crippen molar-refractivity contribution >= 4 is 11.6 Å². The normalized spacial score (nSPS) is 14.7. The second kappa shape index (κ2) is 11.4. The molecule has 0 unspecified atom stereocenters. The fourth-order valence-electron chi connectivity index (χ4n) is 3.45. The topological polar surface area (TPSA) is 88.3 Å². The summed E-state index contributed by atoms with van der Waals surface area (Å²) in [4.78, 5) is 2.02. The van der Waals surface area contributed by atoms with E-state index >= 15 is 0 Å². The molecule has 2 N–H and O–H groups in total. The van der Waals surface area contributed by atoms with E-state index in [4.69, 9.17) is 11.6 Å². The number of benzene rings is 2. The van der Waals surface area contributed by atoms with E-state index in [1.165, 1.54) is 0 Å². The molecule has 1 aliphatic heterocycles. The minimum Gasteiger partial charge on any atom is -0.390 e. The van der Waals surface area contributed by atoms with Gasteiger partial charge in [-0.1, -0.05) is 73.5 Å². The summed E-state index contributed by atoms with van der Waals surface area (Å²) in [5.41, 5.74) is 4.74. The Balaban J connectivity index is 0.00000272. The molecule has 3 aromatic rings. The van der Waals surface area contributed by atoms with Gasteiger partial charge in [0.05, 0.1) is 12.3 Å². The summed E-state index contributed by atoms with van der Waals surface area (Å²) < 4.78 is 0. The van der Waals surface area contributed by atoms with Crippen LogP contribution in [0.4, 0.5) is 0 Å². The van der Waals surface area contributed by atoms with Gasteiger partial charge in [-0.25, -0.2) is 0 Å². The van der Waals surface area contributed by atoms with Crippen LogP contribution in [0.5, 0.6) is 0 Å². The van der Waals surface area contributed by atoms with Crippen LogP contribution in [-0.2, 0) is 6.54 Å². The number of nitrogens with one attached hydrogen (secondary N) is 1. The SMILES string of the molecule is CCC/C=C1\NC(Cl)=C(CO)N1Cc1ccc(-c2ccccc2-c2nnn[n-]2)cc1.[K+]. The van der Waals surface area contributed by atoms with Gasteiger partial charge in [0.2, 0.25) is 0 Å². The molecular formula is C22H22ClKN6O. The zero-order valence-electron chi connectivity index (χ0n) is 17.6. The quantitative estimate of drug-likeness (QED) is 0.394. The minimum absolute atomic E-state index is 0. The van der Waals surface area contributed by atoms with E-state index in [-0.39, 0.29) is 58.0 Å². The molecule has 7 nitrogen and oxygen atoms in total. The van der Waals surface area contributed by atoms with Gasteiger partial charge in [-0.05, 0) is 34.8 Å². The van der Waals surface area contributed by atoms with Crippen LogP contribution in [0.3, 0.4) is 0 Å². The number of allylic oxidation sites excluding steroid dienone is 1. The Morgan fingerprint density at radius 3 is 2.52 bits per heavy atom. The third kappa shape index (κ3) is 5.46. The number of halogens is 1. The maximum absolute atomic E-state index is 9.77. The average molecular weight is 461 g/mol. The van der Waals surface area contributed by atoms with Crippen LogP contribution in [0.1, 0.15) is 25.3 Å². The third-order valence-corrected chi connectivity index (χ3v) is 5.29. The Morgan fingerprint density at radius 1 is 1.13 bits per heavy atom. The second-order valence-corrected chi connectivity index (χ2v) is 7.33. The van der Waals surface area contributed by atoms with E-state index < -0.39 is 0 Å². The van der Waals surface area contributed by atoms with Gasteiger partial charge in [0.25, 0.3) is 0 Å². The molecule has 31 heavy (non-hydrogen) atoms. The molecule has 0 radical (unpaired) electrons. The van der Waals surface area contributed by atoms with Crippen LogP contribution in [0, 0.1) is 0 Å². The van der Waals surface area contributed by atoms with Gasteiger partial charge < -0.3 is 20.4 Å². The first-order valence-corrected chi connectivity index (χ1v) is 10.2. The van der Waals surface area contributed by atoms with Gasteiger partial charge in [0, 0.05) is 12.4 Å². The van der Waals surface area contributed by atoms with Crippen LogP contribution in [-0.4, -0.2) is 32.1 Å². The molecular weight excluding hydrogens is 439 g/mol. The molecule has 9 heteroatoms. The monoisotopic (exact) mass is 460 g/mol. The maximum Gasteiger partial charge on any atom is 1.00 e. The zero-order chi connectivity index (χ0) is 20.9. The van der Waals surface area contributed by atoms with Crippen LogP contribution in [0.15, 0.2) is 71.3 Å². The van der Waals surface area contributed by atoms with Gasteiger partial charge in [-0.2, -0.15) is 5.21 Å². The van der Waals surface area contributed by atoms with Gasteiger partial charge in [-0.3, -0.25) is 10.3 Å². The largest absolute Gasteiger partial charge is 1.00 e. The molecule has 154 valence electrons. The summed E-state index contributed by atoms with van der Waals surface area (Å²) in [6.07, 6.45) is 4.08. The van der Waals surface area contributed by atoms with Crippen molar-refractivity contribution in [3.8, 4) is 22.5 Å². The number of aliphatic hydroxyl groups is 1. The van der Waals surface area contributed by atoms with E-state index in [1.807, 2.05) is 29.2 Å². The molecule has 4 rings (SSSR count). The first-order valence-electron chi connectivity index (χ1n) is 9.83. The first-order chi connectivity index (χ1) is 14.7.